The van der Waals surface area contributed by atoms with Gasteiger partial charge in [-0.25, -0.2) is 4.98 Å². The number of nitrogens with one attached hydrogen (secondary N) is 1. The van der Waals surface area contributed by atoms with Crippen molar-refractivity contribution in [1.82, 2.24) is 9.55 Å². The number of hydrogen-bond acceptors (Lipinski definition) is 3. The number of imidazole rings is 1. The molecule has 5 heteroatoms. The molecule has 0 aliphatic rings. The van der Waals surface area contributed by atoms with Gasteiger partial charge in [-0.15, -0.1) is 0 Å². The van der Waals surface area contributed by atoms with E-state index in [1.54, 1.807) is 0 Å². The van der Waals surface area contributed by atoms with Crippen LogP contribution in [-0.4, -0.2) is 22.1 Å². The van der Waals surface area contributed by atoms with Gasteiger partial charge in [-0.3, -0.25) is 10.1 Å². The quantitative estimate of drug-likeness (QED) is 0.805. The van der Waals surface area contributed by atoms with E-state index in [0.717, 1.165) is 22.2 Å². The molecule has 0 aliphatic heterocycles. The summed E-state index contributed by atoms with van der Waals surface area (Å²) in [6.07, 6.45) is 0. The van der Waals surface area contributed by atoms with Crippen molar-refractivity contribution in [3.8, 4) is 5.75 Å². The van der Waals surface area contributed by atoms with Gasteiger partial charge in [0, 0.05) is 7.05 Å². The molecule has 0 saturated carbocycles. The highest BCUT2D eigenvalue weighted by molar-refractivity contribution is 5.92. The Morgan fingerprint density at radius 2 is 1.87 bits per heavy atom. The SMILES string of the molecule is Cc1cc(C)cc(OCC(=O)Nc2nc3ccccc3n2C)c1. The monoisotopic (exact) mass is 309 g/mol. The maximum Gasteiger partial charge on any atom is 0.264 e. The second-order valence-corrected chi connectivity index (χ2v) is 5.64. The molecule has 0 bridgehead atoms. The smallest absolute Gasteiger partial charge is 0.264 e. The van der Waals surface area contributed by atoms with Gasteiger partial charge in [0.15, 0.2) is 6.61 Å². The Morgan fingerprint density at radius 1 is 1.17 bits per heavy atom. The summed E-state index contributed by atoms with van der Waals surface area (Å²) in [4.78, 5) is 16.5. The first-order chi connectivity index (χ1) is 11.0. The van der Waals surface area contributed by atoms with Crippen molar-refractivity contribution < 1.29 is 9.53 Å². The van der Waals surface area contributed by atoms with Crippen LogP contribution in [0.15, 0.2) is 42.5 Å². The van der Waals surface area contributed by atoms with Crippen LogP contribution in [0.4, 0.5) is 5.95 Å². The molecule has 23 heavy (non-hydrogen) atoms. The van der Waals surface area contributed by atoms with Crippen molar-refractivity contribution in [2.75, 3.05) is 11.9 Å². The fraction of sp³-hybridized carbons (Fsp3) is 0.222. The van der Waals surface area contributed by atoms with Gasteiger partial charge in [0.2, 0.25) is 5.95 Å². The van der Waals surface area contributed by atoms with Crippen LogP contribution >= 0.6 is 0 Å². The van der Waals surface area contributed by atoms with Gasteiger partial charge in [0.05, 0.1) is 11.0 Å². The maximum atomic E-state index is 12.1. The molecule has 3 rings (SSSR count). The summed E-state index contributed by atoms with van der Waals surface area (Å²) in [6.45, 7) is 3.95. The Morgan fingerprint density at radius 3 is 2.57 bits per heavy atom. The van der Waals surface area contributed by atoms with E-state index in [9.17, 15) is 4.79 Å². The molecular weight excluding hydrogens is 290 g/mol. The number of carbonyl (C=O) groups is 1. The van der Waals surface area contributed by atoms with Crippen LogP contribution in [0, 0.1) is 13.8 Å². The standard InChI is InChI=1S/C18H19N3O2/c1-12-8-13(2)10-14(9-12)23-11-17(22)20-18-19-15-6-4-5-7-16(15)21(18)3/h4-10H,11H2,1-3H3,(H,19,20,22). The lowest BCUT2D eigenvalue weighted by atomic mass is 10.1. The molecular formula is C18H19N3O2. The number of benzene rings is 2. The van der Waals surface area contributed by atoms with Gasteiger partial charge in [0.25, 0.3) is 5.91 Å². The minimum absolute atomic E-state index is 0.0495. The largest absolute Gasteiger partial charge is 0.484 e. The molecule has 3 aromatic rings. The minimum atomic E-state index is -0.234. The number of anilines is 1. The average molecular weight is 309 g/mol. The normalized spacial score (nSPS) is 10.7. The number of hydrogen-bond donors (Lipinski definition) is 1. The second kappa shape index (κ2) is 6.12. The van der Waals surface area contributed by atoms with Crippen LogP contribution in [-0.2, 0) is 11.8 Å². The maximum absolute atomic E-state index is 12.1. The molecule has 5 nitrogen and oxygen atoms in total. The molecule has 1 amide bonds. The number of fused-ring (bicyclic) bond motifs is 1. The van der Waals surface area contributed by atoms with E-state index in [0.29, 0.717) is 11.7 Å². The second-order valence-electron chi connectivity index (χ2n) is 5.64. The summed E-state index contributed by atoms with van der Waals surface area (Å²) in [5.74, 6) is 0.977. The van der Waals surface area contributed by atoms with Gasteiger partial charge < -0.3 is 9.30 Å². The van der Waals surface area contributed by atoms with Crippen LogP contribution in [0.2, 0.25) is 0 Å². The zero-order valence-electron chi connectivity index (χ0n) is 13.5. The van der Waals surface area contributed by atoms with Crippen molar-refractivity contribution >= 4 is 22.9 Å². The molecule has 1 N–H and O–H groups in total. The van der Waals surface area contributed by atoms with E-state index in [4.69, 9.17) is 4.74 Å². The predicted octanol–water partition coefficient (Wildman–Crippen LogP) is 3.21. The predicted molar refractivity (Wildman–Crippen MR) is 90.8 cm³/mol. The summed E-state index contributed by atoms with van der Waals surface area (Å²) in [5, 5.41) is 2.79. The van der Waals surface area contributed by atoms with Crippen LogP contribution in [0.25, 0.3) is 11.0 Å². The van der Waals surface area contributed by atoms with Crippen LogP contribution < -0.4 is 10.1 Å². The van der Waals surface area contributed by atoms with Crippen molar-refractivity contribution in [3.63, 3.8) is 0 Å². The molecule has 0 aliphatic carbocycles. The van der Waals surface area contributed by atoms with Gasteiger partial charge >= 0.3 is 0 Å². The Balaban J connectivity index is 1.68. The number of para-hydroxylation sites is 2. The number of ether oxygens (including phenoxy) is 1. The molecule has 0 saturated heterocycles. The summed E-state index contributed by atoms with van der Waals surface area (Å²) in [5.41, 5.74) is 4.03. The highest BCUT2D eigenvalue weighted by Gasteiger charge is 2.11. The third-order valence-corrected chi connectivity index (χ3v) is 3.60. The summed E-state index contributed by atoms with van der Waals surface area (Å²) >= 11 is 0. The zero-order valence-corrected chi connectivity index (χ0v) is 13.5. The average Bonchev–Trinajstić information content (AvgIpc) is 2.81. The van der Waals surface area contributed by atoms with Crippen molar-refractivity contribution in [2.45, 2.75) is 13.8 Å². The molecule has 2 aromatic carbocycles. The third kappa shape index (κ3) is 3.34. The summed E-state index contributed by atoms with van der Waals surface area (Å²) < 4.78 is 7.42. The first-order valence-electron chi connectivity index (χ1n) is 7.45. The molecule has 0 spiro atoms. The van der Waals surface area contributed by atoms with Crippen molar-refractivity contribution in [2.24, 2.45) is 7.05 Å². The van der Waals surface area contributed by atoms with Crippen molar-refractivity contribution in [1.29, 1.82) is 0 Å². The van der Waals surface area contributed by atoms with E-state index < -0.39 is 0 Å². The van der Waals surface area contributed by atoms with Gasteiger partial charge in [0.1, 0.15) is 5.75 Å². The van der Waals surface area contributed by atoms with Crippen LogP contribution in [0.1, 0.15) is 11.1 Å². The Labute approximate surface area is 134 Å². The van der Waals surface area contributed by atoms with E-state index in [-0.39, 0.29) is 12.5 Å². The first kappa shape index (κ1) is 15.1. The van der Waals surface area contributed by atoms with Gasteiger partial charge in [-0.05, 0) is 49.2 Å². The minimum Gasteiger partial charge on any atom is -0.484 e. The summed E-state index contributed by atoms with van der Waals surface area (Å²) in [7, 11) is 1.87. The molecule has 1 heterocycles. The fourth-order valence-corrected chi connectivity index (χ4v) is 2.58. The highest BCUT2D eigenvalue weighted by Crippen LogP contribution is 2.18. The van der Waals surface area contributed by atoms with Crippen molar-refractivity contribution in [3.05, 3.63) is 53.6 Å². The van der Waals surface area contributed by atoms with Gasteiger partial charge in [-0.1, -0.05) is 18.2 Å². The zero-order chi connectivity index (χ0) is 16.4. The van der Waals surface area contributed by atoms with E-state index >= 15 is 0 Å². The lowest BCUT2D eigenvalue weighted by Crippen LogP contribution is -2.22. The molecule has 0 unspecified atom stereocenters. The molecule has 0 fully saturated rings. The Hall–Kier alpha value is -2.82. The lowest BCUT2D eigenvalue weighted by molar-refractivity contribution is -0.118. The van der Waals surface area contributed by atoms with Crippen LogP contribution in [0.3, 0.4) is 0 Å². The number of aromatic nitrogens is 2. The highest BCUT2D eigenvalue weighted by atomic mass is 16.5. The fourth-order valence-electron chi connectivity index (χ4n) is 2.58. The summed E-state index contributed by atoms with van der Waals surface area (Å²) in [6, 6.07) is 13.6. The molecule has 1 aromatic heterocycles. The van der Waals surface area contributed by atoms with Crippen LogP contribution in [0.5, 0.6) is 5.75 Å². The molecule has 118 valence electrons. The third-order valence-electron chi connectivity index (χ3n) is 3.60. The molecule has 0 radical (unpaired) electrons. The van der Waals surface area contributed by atoms with Gasteiger partial charge in [-0.2, -0.15) is 0 Å². The first-order valence-corrected chi connectivity index (χ1v) is 7.45. The number of rotatable bonds is 4. The lowest BCUT2D eigenvalue weighted by Gasteiger charge is -2.09. The number of carbonyl (C=O) groups excluding carboxylic acids is 1. The van der Waals surface area contributed by atoms with E-state index in [2.05, 4.69) is 16.4 Å². The Kier molecular flexibility index (Phi) is 4.02. The number of amides is 1. The number of aryl methyl sites for hydroxylation is 3. The molecule has 0 atom stereocenters. The number of nitrogens with zero attached hydrogens (tertiary/aromatic N) is 2. The van der Waals surface area contributed by atoms with E-state index in [1.165, 1.54) is 0 Å². The van der Waals surface area contributed by atoms with E-state index in [1.807, 2.05) is 61.9 Å². The topological polar surface area (TPSA) is 56.1 Å². The Bertz CT molecular complexity index is 848.